The number of aromatic nitrogens is 4. The Morgan fingerprint density at radius 2 is 2.08 bits per heavy atom. The Bertz CT molecular complexity index is 743. The molecule has 0 bridgehead atoms. The fourth-order valence-electron chi connectivity index (χ4n) is 3.11. The van der Waals surface area contributed by atoms with Gasteiger partial charge in [-0.2, -0.15) is 5.10 Å². The molecule has 3 rings (SSSR count). The van der Waals surface area contributed by atoms with E-state index in [2.05, 4.69) is 20.1 Å². The second kappa shape index (κ2) is 7.25. The van der Waals surface area contributed by atoms with Crippen molar-refractivity contribution in [1.82, 2.24) is 24.6 Å². The molecule has 1 N–H and O–H groups in total. The van der Waals surface area contributed by atoms with Gasteiger partial charge < -0.3 is 4.90 Å². The third-order valence-electron chi connectivity index (χ3n) is 4.44. The summed E-state index contributed by atoms with van der Waals surface area (Å²) >= 11 is 7.92. The van der Waals surface area contributed by atoms with E-state index in [0.717, 1.165) is 48.3 Å². The van der Waals surface area contributed by atoms with Crippen LogP contribution in [0.1, 0.15) is 36.4 Å². The average molecular weight is 371 g/mol. The molecule has 1 fully saturated rings. The third-order valence-corrected chi connectivity index (χ3v) is 6.08. The van der Waals surface area contributed by atoms with Crippen LogP contribution in [0.5, 0.6) is 0 Å². The fourth-order valence-corrected chi connectivity index (χ4v) is 4.33. The zero-order chi connectivity index (χ0) is 17.3. The number of hydrogen-bond acceptors (Lipinski definition) is 6. The molecule has 0 atom stereocenters. The summed E-state index contributed by atoms with van der Waals surface area (Å²) in [7, 11) is 3.95. The molecule has 7 nitrogen and oxygen atoms in total. The summed E-state index contributed by atoms with van der Waals surface area (Å²) in [5.41, 5.74) is -0.109. The molecular weight excluding hydrogens is 348 g/mol. The minimum absolute atomic E-state index is 0.109. The Kier molecular flexibility index (Phi) is 5.27. The normalized spacial score (nSPS) is 16.7. The highest BCUT2D eigenvalue weighted by atomic mass is 35.5. The number of aromatic amines is 1. The summed E-state index contributed by atoms with van der Waals surface area (Å²) in [6, 6.07) is 0. The van der Waals surface area contributed by atoms with Gasteiger partial charge in [0.2, 0.25) is 0 Å². The third kappa shape index (κ3) is 3.50. The van der Waals surface area contributed by atoms with Crippen molar-refractivity contribution in [2.75, 3.05) is 32.1 Å². The highest BCUT2D eigenvalue weighted by molar-refractivity contribution is 7.16. The molecule has 2 aromatic heterocycles. The van der Waals surface area contributed by atoms with E-state index in [1.807, 2.05) is 25.9 Å². The molecule has 0 spiro atoms. The summed E-state index contributed by atoms with van der Waals surface area (Å²) in [6.45, 7) is 5.42. The van der Waals surface area contributed by atoms with Crippen LogP contribution in [0, 0.1) is 0 Å². The Hall–Kier alpha value is -1.38. The molecule has 3 heterocycles. The SMILES string of the molecule is CCn1c(C2CCN(Cc3sc(N(C)C)nc3Cl)CC2)n[nH]c1=O. The van der Waals surface area contributed by atoms with Gasteiger partial charge in [0.1, 0.15) is 11.0 Å². The van der Waals surface area contributed by atoms with Crippen LogP contribution in [-0.2, 0) is 13.1 Å². The molecule has 0 amide bonds. The minimum Gasteiger partial charge on any atom is -0.354 e. The van der Waals surface area contributed by atoms with Gasteiger partial charge in [-0.05, 0) is 32.9 Å². The number of thiazole rings is 1. The second-order valence-electron chi connectivity index (χ2n) is 6.29. The number of hydrogen-bond donors (Lipinski definition) is 1. The number of nitrogens with zero attached hydrogens (tertiary/aromatic N) is 5. The van der Waals surface area contributed by atoms with Gasteiger partial charge >= 0.3 is 5.69 Å². The first-order chi connectivity index (χ1) is 11.5. The topological polar surface area (TPSA) is 70.0 Å². The van der Waals surface area contributed by atoms with Crippen LogP contribution in [0.3, 0.4) is 0 Å². The van der Waals surface area contributed by atoms with Crippen LogP contribution in [-0.4, -0.2) is 51.8 Å². The number of piperidine rings is 1. The molecule has 0 unspecified atom stereocenters. The standard InChI is InChI=1S/C15H23ClN6OS/c1-4-22-13(18-19-14(22)23)10-5-7-21(8-6-10)9-11-12(16)17-15(24-11)20(2)3/h10H,4-9H2,1-3H3,(H,19,23). The monoisotopic (exact) mass is 370 g/mol. The Labute approximate surface area is 150 Å². The molecule has 2 aromatic rings. The van der Waals surface area contributed by atoms with Crippen molar-refractivity contribution in [1.29, 1.82) is 0 Å². The maximum atomic E-state index is 11.7. The maximum absolute atomic E-state index is 11.7. The second-order valence-corrected chi connectivity index (χ2v) is 7.71. The molecular formula is C15H23ClN6OS. The highest BCUT2D eigenvalue weighted by Gasteiger charge is 2.26. The van der Waals surface area contributed by atoms with Crippen molar-refractivity contribution >= 4 is 28.1 Å². The molecule has 1 saturated heterocycles. The lowest BCUT2D eigenvalue weighted by atomic mass is 9.96. The largest absolute Gasteiger partial charge is 0.354 e. The van der Waals surface area contributed by atoms with E-state index in [4.69, 9.17) is 11.6 Å². The van der Waals surface area contributed by atoms with E-state index in [-0.39, 0.29) is 5.69 Å². The molecule has 1 aliphatic rings. The predicted octanol–water partition coefficient (Wildman–Crippen LogP) is 2.15. The fraction of sp³-hybridized carbons (Fsp3) is 0.667. The quantitative estimate of drug-likeness (QED) is 0.873. The van der Waals surface area contributed by atoms with Crippen molar-refractivity contribution in [2.24, 2.45) is 0 Å². The van der Waals surface area contributed by atoms with Crippen LogP contribution in [0.25, 0.3) is 0 Å². The summed E-state index contributed by atoms with van der Waals surface area (Å²) in [5.74, 6) is 1.24. The van der Waals surface area contributed by atoms with Crippen LogP contribution in [0.15, 0.2) is 4.79 Å². The summed E-state index contributed by atoms with van der Waals surface area (Å²) in [5, 5.41) is 8.35. The van der Waals surface area contributed by atoms with Crippen LogP contribution < -0.4 is 10.6 Å². The lowest BCUT2D eigenvalue weighted by molar-refractivity contribution is 0.201. The number of anilines is 1. The number of nitrogens with one attached hydrogen (secondary N) is 1. The summed E-state index contributed by atoms with van der Waals surface area (Å²) in [6.07, 6.45) is 2.00. The van der Waals surface area contributed by atoms with Crippen molar-refractivity contribution in [3.05, 3.63) is 26.3 Å². The van der Waals surface area contributed by atoms with Gasteiger partial charge in [-0.3, -0.25) is 9.47 Å². The summed E-state index contributed by atoms with van der Waals surface area (Å²) < 4.78 is 1.74. The van der Waals surface area contributed by atoms with Gasteiger partial charge in [-0.1, -0.05) is 22.9 Å². The first-order valence-electron chi connectivity index (χ1n) is 8.19. The maximum Gasteiger partial charge on any atom is 0.343 e. The molecule has 0 aromatic carbocycles. The average Bonchev–Trinajstić information content (AvgIpc) is 3.11. The molecule has 0 radical (unpaired) electrons. The predicted molar refractivity (Wildman–Crippen MR) is 97.2 cm³/mol. The van der Waals surface area contributed by atoms with E-state index in [0.29, 0.717) is 17.6 Å². The van der Waals surface area contributed by atoms with E-state index in [1.54, 1.807) is 15.9 Å². The van der Waals surface area contributed by atoms with Gasteiger partial charge in [0.25, 0.3) is 0 Å². The van der Waals surface area contributed by atoms with Crippen LogP contribution in [0.4, 0.5) is 5.13 Å². The van der Waals surface area contributed by atoms with E-state index >= 15 is 0 Å². The molecule has 132 valence electrons. The first kappa shape index (κ1) is 17.4. The zero-order valence-corrected chi connectivity index (χ0v) is 15.8. The van der Waals surface area contributed by atoms with Gasteiger partial charge in [0.15, 0.2) is 5.13 Å². The minimum atomic E-state index is -0.109. The summed E-state index contributed by atoms with van der Waals surface area (Å²) in [4.78, 5) is 21.6. The van der Waals surface area contributed by atoms with Crippen molar-refractivity contribution in [3.8, 4) is 0 Å². The Morgan fingerprint density at radius 1 is 1.38 bits per heavy atom. The molecule has 24 heavy (non-hydrogen) atoms. The van der Waals surface area contributed by atoms with Crippen molar-refractivity contribution in [2.45, 2.75) is 38.8 Å². The van der Waals surface area contributed by atoms with E-state index < -0.39 is 0 Å². The molecule has 9 heteroatoms. The Balaban J connectivity index is 1.62. The van der Waals surface area contributed by atoms with Crippen LogP contribution in [0.2, 0.25) is 5.15 Å². The number of halogens is 1. The van der Waals surface area contributed by atoms with Crippen molar-refractivity contribution < 1.29 is 0 Å². The van der Waals surface area contributed by atoms with Crippen molar-refractivity contribution in [3.63, 3.8) is 0 Å². The van der Waals surface area contributed by atoms with Gasteiger partial charge in [0, 0.05) is 33.1 Å². The van der Waals surface area contributed by atoms with Gasteiger partial charge in [0.05, 0.1) is 4.88 Å². The molecule has 0 aliphatic carbocycles. The first-order valence-corrected chi connectivity index (χ1v) is 9.39. The van der Waals surface area contributed by atoms with Gasteiger partial charge in [-0.25, -0.2) is 14.9 Å². The molecule has 0 saturated carbocycles. The molecule has 1 aliphatic heterocycles. The number of rotatable bonds is 5. The van der Waals surface area contributed by atoms with E-state index in [1.165, 1.54) is 0 Å². The Morgan fingerprint density at radius 3 is 2.67 bits per heavy atom. The van der Waals surface area contributed by atoms with Gasteiger partial charge in [-0.15, -0.1) is 0 Å². The smallest absolute Gasteiger partial charge is 0.343 e. The lowest BCUT2D eigenvalue weighted by Crippen LogP contribution is -2.33. The number of H-pyrrole nitrogens is 1. The zero-order valence-electron chi connectivity index (χ0n) is 14.3. The number of likely N-dealkylation sites (tertiary alicyclic amines) is 1. The lowest BCUT2D eigenvalue weighted by Gasteiger charge is -2.31. The van der Waals surface area contributed by atoms with E-state index in [9.17, 15) is 4.79 Å². The highest BCUT2D eigenvalue weighted by Crippen LogP contribution is 2.32. The van der Waals surface area contributed by atoms with Crippen LogP contribution >= 0.6 is 22.9 Å².